The fraction of sp³-hybridized carbons (Fsp3) is 0. The van der Waals surface area contributed by atoms with Crippen LogP contribution in [0.1, 0.15) is 5.56 Å². The third-order valence-electron chi connectivity index (χ3n) is 3.78. The second-order valence-corrected chi connectivity index (χ2v) is 8.93. The Morgan fingerprint density at radius 1 is 1.15 bits per heavy atom. The van der Waals surface area contributed by atoms with Gasteiger partial charge in [0.15, 0.2) is 0 Å². The number of sulfonamides is 1. The third kappa shape index (κ3) is 3.93. The van der Waals surface area contributed by atoms with Crippen molar-refractivity contribution in [3.05, 3.63) is 71.8 Å². The van der Waals surface area contributed by atoms with Crippen molar-refractivity contribution in [2.75, 3.05) is 0 Å². The van der Waals surface area contributed by atoms with Crippen molar-refractivity contribution in [2.45, 2.75) is 4.90 Å². The van der Waals surface area contributed by atoms with Gasteiger partial charge in [0.1, 0.15) is 5.75 Å². The van der Waals surface area contributed by atoms with E-state index in [9.17, 15) is 18.3 Å². The molecule has 2 aromatic carbocycles. The number of benzene rings is 2. The van der Waals surface area contributed by atoms with Gasteiger partial charge in [0, 0.05) is 0 Å². The zero-order chi connectivity index (χ0) is 19.9. The van der Waals surface area contributed by atoms with Crippen molar-refractivity contribution in [2.24, 2.45) is 5.14 Å². The lowest BCUT2D eigenvalue weighted by Gasteiger charge is -2.03. The fourth-order valence-corrected chi connectivity index (χ4v) is 4.18. The van der Waals surface area contributed by atoms with Crippen molar-refractivity contribution in [3.8, 4) is 11.4 Å². The maximum Gasteiger partial charge on any atom is 0.279 e. The first-order valence-corrected chi connectivity index (χ1v) is 10.5. The standard InChI is InChI=1S/C17H13Br2N3O4S/c1-9-13(6-10-7-14(18)16(23)15(19)8-10)17(24)22(21-9)11-2-4-12(5-3-11)27(20,25)26/h2-8,21,23H,1H2,(H2,20,25,26)/b13-6-. The van der Waals surface area contributed by atoms with Crippen LogP contribution in [0.3, 0.4) is 0 Å². The number of aromatic nitrogens is 2. The molecule has 0 atom stereocenters. The number of hydrogen-bond acceptors (Lipinski definition) is 4. The Kier molecular flexibility index (Phi) is 5.17. The van der Waals surface area contributed by atoms with Gasteiger partial charge < -0.3 is 5.11 Å². The lowest BCUT2D eigenvalue weighted by molar-refractivity contribution is 0.468. The van der Waals surface area contributed by atoms with E-state index >= 15 is 0 Å². The Labute approximate surface area is 170 Å². The second-order valence-electron chi connectivity index (χ2n) is 5.66. The van der Waals surface area contributed by atoms with Gasteiger partial charge >= 0.3 is 0 Å². The number of halogens is 2. The number of hydrogen-bond donors (Lipinski definition) is 3. The van der Waals surface area contributed by atoms with Crippen LogP contribution in [-0.4, -0.2) is 23.3 Å². The highest BCUT2D eigenvalue weighted by atomic mass is 79.9. The minimum atomic E-state index is -3.81. The average Bonchev–Trinajstić information content (AvgIpc) is 2.87. The minimum Gasteiger partial charge on any atom is -0.506 e. The number of nitrogens with zero attached hydrogens (tertiary/aromatic N) is 1. The van der Waals surface area contributed by atoms with Crippen molar-refractivity contribution >= 4 is 54.5 Å². The summed E-state index contributed by atoms with van der Waals surface area (Å²) in [5.74, 6) is 0.0587. The van der Waals surface area contributed by atoms with Gasteiger partial charge in [-0.05, 0) is 79.9 Å². The van der Waals surface area contributed by atoms with Gasteiger partial charge in [0.05, 0.1) is 30.1 Å². The molecular formula is C17H13Br2N3O4S. The van der Waals surface area contributed by atoms with Crippen LogP contribution in [0.4, 0.5) is 0 Å². The summed E-state index contributed by atoms with van der Waals surface area (Å²) < 4.78 is 24.9. The minimum absolute atomic E-state index is 0.0497. The lowest BCUT2D eigenvalue weighted by atomic mass is 10.2. The van der Waals surface area contributed by atoms with Gasteiger partial charge in [-0.1, -0.05) is 6.58 Å². The zero-order valence-electron chi connectivity index (χ0n) is 13.6. The zero-order valence-corrected chi connectivity index (χ0v) is 17.6. The number of primary sulfonamides is 1. The Bertz CT molecular complexity index is 1290. The summed E-state index contributed by atoms with van der Waals surface area (Å²) in [5, 5.41) is 18.4. The third-order valence-corrected chi connectivity index (χ3v) is 5.92. The van der Waals surface area contributed by atoms with E-state index in [1.165, 1.54) is 28.9 Å². The van der Waals surface area contributed by atoms with E-state index in [0.29, 0.717) is 30.8 Å². The van der Waals surface area contributed by atoms with E-state index in [2.05, 4.69) is 43.5 Å². The molecule has 140 valence electrons. The van der Waals surface area contributed by atoms with E-state index in [0.717, 1.165) is 0 Å². The summed E-state index contributed by atoms with van der Waals surface area (Å²) in [7, 11) is -3.81. The molecule has 0 spiro atoms. The monoisotopic (exact) mass is 513 g/mol. The summed E-state index contributed by atoms with van der Waals surface area (Å²) in [6.07, 6.45) is 1.63. The molecule has 1 aromatic heterocycles. The highest BCUT2D eigenvalue weighted by Gasteiger charge is 2.10. The van der Waals surface area contributed by atoms with Crippen LogP contribution in [0.15, 0.2) is 55.0 Å². The first-order chi connectivity index (χ1) is 12.6. The number of rotatable bonds is 3. The summed E-state index contributed by atoms with van der Waals surface area (Å²) in [4.78, 5) is 12.7. The van der Waals surface area contributed by atoms with Gasteiger partial charge in [0.25, 0.3) is 5.56 Å². The van der Waals surface area contributed by atoms with Crippen molar-refractivity contribution in [1.82, 2.24) is 9.78 Å². The molecule has 0 bridgehead atoms. The highest BCUT2D eigenvalue weighted by molar-refractivity contribution is 9.11. The molecule has 0 unspecified atom stereocenters. The van der Waals surface area contributed by atoms with E-state index in [4.69, 9.17) is 5.14 Å². The van der Waals surface area contributed by atoms with Crippen LogP contribution in [0.5, 0.6) is 5.75 Å². The molecule has 0 aliphatic carbocycles. The number of phenolic OH excluding ortho intramolecular Hbond substituents is 1. The van der Waals surface area contributed by atoms with E-state index in [1.807, 2.05) is 0 Å². The number of phenols is 1. The average molecular weight is 515 g/mol. The molecule has 3 aromatic rings. The first kappa shape index (κ1) is 19.6. The number of nitrogens with one attached hydrogen (secondary N) is 1. The van der Waals surface area contributed by atoms with Crippen LogP contribution in [0.25, 0.3) is 18.3 Å². The molecule has 0 amide bonds. The molecule has 0 saturated heterocycles. The number of H-pyrrole nitrogens is 1. The molecule has 0 aliphatic heterocycles. The quantitative estimate of drug-likeness (QED) is 0.488. The Morgan fingerprint density at radius 3 is 2.22 bits per heavy atom. The summed E-state index contributed by atoms with van der Waals surface area (Å²) in [5.41, 5.74) is 0.748. The SMILES string of the molecule is C=c1[nH]n(-c2ccc(S(N)(=O)=O)cc2)c(=O)/c1=C\c1cc(Br)c(O)c(Br)c1. The Morgan fingerprint density at radius 2 is 1.70 bits per heavy atom. The molecular weight excluding hydrogens is 502 g/mol. The molecule has 4 N–H and O–H groups in total. The van der Waals surface area contributed by atoms with Crippen LogP contribution >= 0.6 is 31.9 Å². The Balaban J connectivity index is 2.14. The number of nitrogens with two attached hydrogens (primary N) is 1. The fourth-order valence-electron chi connectivity index (χ4n) is 2.45. The molecule has 0 radical (unpaired) electrons. The molecule has 0 fully saturated rings. The molecule has 0 saturated carbocycles. The van der Waals surface area contributed by atoms with Gasteiger partial charge in [-0.3, -0.25) is 9.89 Å². The van der Waals surface area contributed by atoms with Crippen molar-refractivity contribution in [1.29, 1.82) is 0 Å². The molecule has 3 rings (SSSR count). The maximum atomic E-state index is 12.8. The predicted molar refractivity (Wildman–Crippen MR) is 110 cm³/mol. The van der Waals surface area contributed by atoms with Gasteiger partial charge in [-0.15, -0.1) is 0 Å². The molecule has 7 nitrogen and oxygen atoms in total. The largest absolute Gasteiger partial charge is 0.506 e. The summed E-state index contributed by atoms with van der Waals surface area (Å²) in [6.45, 7) is 3.85. The molecule has 10 heteroatoms. The topological polar surface area (TPSA) is 118 Å². The molecule has 1 heterocycles. The highest BCUT2D eigenvalue weighted by Crippen LogP contribution is 2.33. The van der Waals surface area contributed by atoms with Crippen LogP contribution in [-0.2, 0) is 10.0 Å². The van der Waals surface area contributed by atoms with Gasteiger partial charge in [-0.25, -0.2) is 18.2 Å². The van der Waals surface area contributed by atoms with Crippen molar-refractivity contribution in [3.63, 3.8) is 0 Å². The first-order valence-electron chi connectivity index (χ1n) is 7.41. The van der Waals surface area contributed by atoms with Gasteiger partial charge in [-0.2, -0.15) is 0 Å². The molecule has 0 aliphatic rings. The predicted octanol–water partition coefficient (Wildman–Crippen LogP) is 1.28. The number of aromatic amines is 1. The van der Waals surface area contributed by atoms with E-state index < -0.39 is 10.0 Å². The van der Waals surface area contributed by atoms with Crippen LogP contribution in [0, 0.1) is 0 Å². The number of aromatic hydroxyl groups is 1. The second kappa shape index (κ2) is 7.12. The summed E-state index contributed by atoms with van der Waals surface area (Å²) >= 11 is 6.49. The lowest BCUT2D eigenvalue weighted by Crippen LogP contribution is -2.33. The van der Waals surface area contributed by atoms with Crippen LogP contribution in [0.2, 0.25) is 0 Å². The smallest absolute Gasteiger partial charge is 0.279 e. The van der Waals surface area contributed by atoms with Crippen molar-refractivity contribution < 1.29 is 13.5 Å². The van der Waals surface area contributed by atoms with E-state index in [-0.39, 0.29) is 16.2 Å². The van der Waals surface area contributed by atoms with E-state index in [1.54, 1.807) is 18.2 Å². The Hall–Kier alpha value is -2.14. The normalized spacial score (nSPS) is 12.5. The van der Waals surface area contributed by atoms with Gasteiger partial charge in [0.2, 0.25) is 10.0 Å². The molecule has 27 heavy (non-hydrogen) atoms. The summed E-state index contributed by atoms with van der Waals surface area (Å²) in [6, 6.07) is 8.90. The maximum absolute atomic E-state index is 12.8. The van der Waals surface area contributed by atoms with Crippen LogP contribution < -0.4 is 21.3 Å².